The van der Waals surface area contributed by atoms with Gasteiger partial charge in [0.15, 0.2) is 17.7 Å². The third-order valence-corrected chi connectivity index (χ3v) is 13.9. The first-order valence-electron chi connectivity index (χ1n) is 21.3. The molecule has 3 rings (SSSR count). The standard InChI is InChI=1S/C37H64N7O17P3S.Na/c1-4-5-6-7-8-9-10-11-12-13-14-15-16-17-28(46)65-21-20-39-27(45)18-19-40-35(49)32(48)37(2,3)23-58-64(55,56)61-63(53,54)57-22-26-31(60-62(50,51)52)30(47)36(59-26)44-25-43-29-33(38)41-24-42-34(29)44;/h16-17,24-26,30-32,36,47-48H,4-15,18-23H2,1-3H3,(H,39,45)(H,40,49)(H,53,54)(H,55,56)(H2,38,41,42)(H2,50,51,52);/b17-16+;/t26-,30-,31-,32+,36-;/m1./s1. The number of unbranched alkanes of at least 4 members (excludes halogenated alkanes) is 11. The van der Waals surface area contributed by atoms with E-state index in [0.717, 1.165) is 48.2 Å². The molecule has 2 aromatic rings. The van der Waals surface area contributed by atoms with E-state index < -0.39 is 84.6 Å². The van der Waals surface area contributed by atoms with Crippen LogP contribution in [0.15, 0.2) is 24.8 Å². The smallest absolute Gasteiger partial charge is 0.386 e. The molecule has 1 fully saturated rings. The fourth-order valence-corrected chi connectivity index (χ4v) is 9.86. The number of carbonyl (C=O) groups is 3. The average molecular weight is 1030 g/mol. The number of nitrogens with zero attached hydrogens (tertiary/aromatic N) is 4. The number of ether oxygens (including phenoxy) is 1. The van der Waals surface area contributed by atoms with Crippen molar-refractivity contribution in [3.63, 3.8) is 0 Å². The number of nitrogens with two attached hydrogens (primary N) is 1. The molecule has 2 amide bonds. The first-order valence-corrected chi connectivity index (χ1v) is 26.8. The summed E-state index contributed by atoms with van der Waals surface area (Å²) < 4.78 is 62.4. The number of hydrogen-bond acceptors (Lipinski definition) is 18. The summed E-state index contributed by atoms with van der Waals surface area (Å²) in [7, 11) is -16.4. The van der Waals surface area contributed by atoms with Gasteiger partial charge in [-0.15, -0.1) is 0 Å². The second-order valence-corrected chi connectivity index (χ2v) is 21.3. The predicted octanol–water partition coefficient (Wildman–Crippen LogP) is 3.54. The quantitative estimate of drug-likeness (QED) is 0.0219. The number of aliphatic hydroxyl groups excluding tert-OH is 2. The van der Waals surface area contributed by atoms with E-state index in [0.29, 0.717) is 5.75 Å². The molecular weight excluding hydrogens is 962 g/mol. The molecular formula is C37H64N7NaO17P3S. The van der Waals surface area contributed by atoms with Gasteiger partial charge in [0.05, 0.1) is 19.5 Å². The molecule has 1 saturated heterocycles. The molecule has 66 heavy (non-hydrogen) atoms. The summed E-state index contributed by atoms with van der Waals surface area (Å²) in [5.74, 6) is -1.10. The van der Waals surface area contributed by atoms with Crippen molar-refractivity contribution in [1.82, 2.24) is 30.2 Å². The normalized spacial score (nSPS) is 20.1. The number of allylic oxidation sites excluding steroid dienone is 1. The SMILES string of the molecule is CCCCCCCCCCCCC/C=C/C(=O)SCCNC(=O)CCNC(=O)[C@H](O)C(C)(C)COP(=O)(O)OP(=O)(O)OC[C@H]1O[C@@H](n2cnc3c(N)ncnc32)[C@H](O)[C@@H]1OP(=O)(O)O.[Na]. The first kappa shape index (κ1) is 60.4. The summed E-state index contributed by atoms with van der Waals surface area (Å²) in [6, 6.07) is 0. The Balaban J connectivity index is 0.0000150. The van der Waals surface area contributed by atoms with Gasteiger partial charge < -0.3 is 50.9 Å². The van der Waals surface area contributed by atoms with Crippen molar-refractivity contribution < 1.29 is 80.5 Å². The van der Waals surface area contributed by atoms with Gasteiger partial charge in [0.1, 0.15) is 36.3 Å². The minimum absolute atomic E-state index is 0. The fraction of sp³-hybridized carbons (Fsp3) is 0.730. The Hall–Kier alpha value is -1.70. The summed E-state index contributed by atoms with van der Waals surface area (Å²) in [6.45, 7) is 2.74. The number of imidazole rings is 1. The number of amides is 2. The molecule has 2 aromatic heterocycles. The first-order chi connectivity index (χ1) is 30.6. The van der Waals surface area contributed by atoms with Crippen LogP contribution in [-0.4, -0.2) is 152 Å². The van der Waals surface area contributed by atoms with E-state index in [2.05, 4.69) is 41.3 Å². The van der Waals surface area contributed by atoms with E-state index in [1.165, 1.54) is 71.6 Å². The molecule has 10 N–H and O–H groups in total. The van der Waals surface area contributed by atoms with Crippen LogP contribution in [0.4, 0.5) is 5.82 Å². The van der Waals surface area contributed by atoms with Gasteiger partial charge in [0.2, 0.25) is 16.9 Å². The Morgan fingerprint density at radius 3 is 2.20 bits per heavy atom. The van der Waals surface area contributed by atoms with Crippen LogP contribution in [0.2, 0.25) is 0 Å². The molecule has 3 heterocycles. The molecule has 1 radical (unpaired) electrons. The molecule has 7 atom stereocenters. The van der Waals surface area contributed by atoms with E-state index in [1.807, 2.05) is 6.08 Å². The average Bonchev–Trinajstić information content (AvgIpc) is 3.79. The zero-order valence-electron chi connectivity index (χ0n) is 37.7. The molecule has 0 aliphatic carbocycles. The zero-order valence-corrected chi connectivity index (χ0v) is 43.2. The van der Waals surface area contributed by atoms with E-state index in [-0.39, 0.29) is 71.2 Å². The molecule has 0 saturated carbocycles. The van der Waals surface area contributed by atoms with Crippen LogP contribution in [-0.2, 0) is 50.7 Å². The van der Waals surface area contributed by atoms with Gasteiger partial charge in [0, 0.05) is 60.2 Å². The van der Waals surface area contributed by atoms with Crippen LogP contribution in [0.25, 0.3) is 11.2 Å². The van der Waals surface area contributed by atoms with Crippen molar-refractivity contribution in [3.8, 4) is 0 Å². The van der Waals surface area contributed by atoms with Crippen molar-refractivity contribution in [2.24, 2.45) is 5.41 Å². The Labute approximate surface area is 410 Å². The minimum Gasteiger partial charge on any atom is -0.386 e. The van der Waals surface area contributed by atoms with E-state index in [9.17, 15) is 57.9 Å². The molecule has 29 heteroatoms. The van der Waals surface area contributed by atoms with Crippen LogP contribution in [0.1, 0.15) is 110 Å². The van der Waals surface area contributed by atoms with Crippen molar-refractivity contribution >= 4 is 98.7 Å². The third kappa shape index (κ3) is 21.9. The summed E-state index contributed by atoms with van der Waals surface area (Å²) >= 11 is 1.07. The molecule has 2 unspecified atom stereocenters. The van der Waals surface area contributed by atoms with E-state index in [4.69, 9.17) is 19.5 Å². The second-order valence-electron chi connectivity index (χ2n) is 16.0. The number of nitrogen functional groups attached to an aromatic ring is 1. The molecule has 24 nitrogen and oxygen atoms in total. The Bertz CT molecular complexity index is 2010. The summed E-state index contributed by atoms with van der Waals surface area (Å²) in [5, 5.41) is 26.4. The number of thioether (sulfide) groups is 1. The van der Waals surface area contributed by atoms with Gasteiger partial charge in [-0.05, 0) is 18.9 Å². The van der Waals surface area contributed by atoms with Gasteiger partial charge in [0.25, 0.3) is 0 Å². The Kier molecular flexibility index (Phi) is 27.0. The van der Waals surface area contributed by atoms with Gasteiger partial charge in [-0.1, -0.05) is 103 Å². The van der Waals surface area contributed by atoms with Gasteiger partial charge >= 0.3 is 23.5 Å². The fourth-order valence-electron chi connectivity index (χ4n) is 6.44. The number of fused-ring (bicyclic) bond motifs is 1. The van der Waals surface area contributed by atoms with Crippen LogP contribution in [0.5, 0.6) is 0 Å². The van der Waals surface area contributed by atoms with Crippen molar-refractivity contribution in [2.45, 2.75) is 135 Å². The topological polar surface area (TPSA) is 364 Å². The number of hydrogen-bond donors (Lipinski definition) is 9. The maximum atomic E-state index is 12.7. The van der Waals surface area contributed by atoms with Gasteiger partial charge in [-0.3, -0.25) is 32.5 Å². The zero-order chi connectivity index (χ0) is 48.3. The maximum absolute atomic E-state index is 12.7. The largest absolute Gasteiger partial charge is 0.481 e. The van der Waals surface area contributed by atoms with Crippen LogP contribution >= 0.6 is 35.2 Å². The monoisotopic (exact) mass is 1030 g/mol. The number of phosphoric acid groups is 3. The number of anilines is 1. The summed E-state index contributed by atoms with van der Waals surface area (Å²) in [4.78, 5) is 88.1. The Morgan fingerprint density at radius 1 is 0.939 bits per heavy atom. The van der Waals surface area contributed by atoms with Gasteiger partial charge in [-0.2, -0.15) is 4.31 Å². The van der Waals surface area contributed by atoms with Crippen molar-refractivity contribution in [2.75, 3.05) is 37.8 Å². The predicted molar refractivity (Wildman–Crippen MR) is 243 cm³/mol. The second kappa shape index (κ2) is 29.5. The van der Waals surface area contributed by atoms with Crippen LogP contribution < -0.4 is 16.4 Å². The van der Waals surface area contributed by atoms with Gasteiger partial charge in [-0.25, -0.2) is 28.6 Å². The molecule has 371 valence electrons. The maximum Gasteiger partial charge on any atom is 0.481 e. The minimum atomic E-state index is -5.58. The number of phosphoric ester groups is 3. The number of aliphatic hydroxyl groups is 2. The third-order valence-electron chi connectivity index (χ3n) is 9.97. The van der Waals surface area contributed by atoms with Crippen molar-refractivity contribution in [1.29, 1.82) is 0 Å². The molecule has 0 spiro atoms. The van der Waals surface area contributed by atoms with Crippen LogP contribution in [0.3, 0.4) is 0 Å². The molecule has 0 bridgehead atoms. The van der Waals surface area contributed by atoms with E-state index in [1.54, 1.807) is 6.08 Å². The summed E-state index contributed by atoms with van der Waals surface area (Å²) in [6.07, 6.45) is 11.1. The number of carbonyl (C=O) groups excluding carboxylic acids is 3. The molecule has 1 aliphatic rings. The molecule has 1 aliphatic heterocycles. The number of aromatic nitrogens is 4. The van der Waals surface area contributed by atoms with Crippen LogP contribution in [0, 0.1) is 5.41 Å². The Morgan fingerprint density at radius 2 is 1.56 bits per heavy atom. The summed E-state index contributed by atoms with van der Waals surface area (Å²) in [5.41, 5.74) is 4.28. The van der Waals surface area contributed by atoms with E-state index >= 15 is 0 Å². The number of rotatable bonds is 32. The number of nitrogens with one attached hydrogen (secondary N) is 2. The van der Waals surface area contributed by atoms with Crippen molar-refractivity contribution in [3.05, 3.63) is 24.8 Å². The molecule has 0 aromatic carbocycles.